The number of pyridine rings is 1. The van der Waals surface area contributed by atoms with Gasteiger partial charge >= 0.3 is 0 Å². The Balaban J connectivity index is 1.33. The summed E-state index contributed by atoms with van der Waals surface area (Å²) >= 11 is 0. The van der Waals surface area contributed by atoms with Crippen molar-refractivity contribution in [3.05, 3.63) is 90.3 Å². The molecule has 0 bridgehead atoms. The SMILES string of the molecule is COc1cc(C=CC(=O)N2CCN(c3ccncc3)CC2)ccc1OCc1ccccc1. The molecule has 6 nitrogen and oxygen atoms in total. The number of amides is 1. The number of benzene rings is 2. The summed E-state index contributed by atoms with van der Waals surface area (Å²) in [7, 11) is 1.62. The van der Waals surface area contributed by atoms with Gasteiger partial charge in [-0.25, -0.2) is 0 Å². The van der Waals surface area contributed by atoms with Crippen molar-refractivity contribution >= 4 is 17.7 Å². The van der Waals surface area contributed by atoms with Gasteiger partial charge in [0.25, 0.3) is 0 Å². The van der Waals surface area contributed by atoms with Crippen LogP contribution in [-0.2, 0) is 11.4 Å². The van der Waals surface area contributed by atoms with Crippen molar-refractivity contribution in [2.24, 2.45) is 0 Å². The van der Waals surface area contributed by atoms with Gasteiger partial charge in [-0.15, -0.1) is 0 Å². The molecule has 3 aromatic rings. The molecule has 0 radical (unpaired) electrons. The molecule has 2 aromatic carbocycles. The monoisotopic (exact) mass is 429 g/mol. The van der Waals surface area contributed by atoms with Crippen molar-refractivity contribution in [1.29, 1.82) is 0 Å². The van der Waals surface area contributed by atoms with E-state index in [0.29, 0.717) is 31.2 Å². The lowest BCUT2D eigenvalue weighted by Crippen LogP contribution is -2.48. The largest absolute Gasteiger partial charge is 0.493 e. The summed E-state index contributed by atoms with van der Waals surface area (Å²) in [5, 5.41) is 0. The Morgan fingerprint density at radius 2 is 1.72 bits per heavy atom. The van der Waals surface area contributed by atoms with E-state index < -0.39 is 0 Å². The summed E-state index contributed by atoms with van der Waals surface area (Å²) in [6.45, 7) is 3.48. The van der Waals surface area contributed by atoms with Crippen LogP contribution in [0.4, 0.5) is 5.69 Å². The van der Waals surface area contributed by atoms with Crippen LogP contribution in [-0.4, -0.2) is 49.1 Å². The Kier molecular flexibility index (Phi) is 7.02. The first-order valence-electron chi connectivity index (χ1n) is 10.7. The van der Waals surface area contributed by atoms with Gasteiger partial charge in [-0.1, -0.05) is 36.4 Å². The first-order chi connectivity index (χ1) is 15.7. The topological polar surface area (TPSA) is 54.9 Å². The summed E-state index contributed by atoms with van der Waals surface area (Å²) in [5.41, 5.74) is 3.12. The number of rotatable bonds is 7. The fourth-order valence-electron chi connectivity index (χ4n) is 3.66. The highest BCUT2D eigenvalue weighted by Gasteiger charge is 2.19. The van der Waals surface area contributed by atoms with E-state index in [1.165, 1.54) is 0 Å². The van der Waals surface area contributed by atoms with E-state index in [1.54, 1.807) is 25.6 Å². The molecule has 32 heavy (non-hydrogen) atoms. The summed E-state index contributed by atoms with van der Waals surface area (Å²) in [4.78, 5) is 20.9. The molecule has 4 rings (SSSR count). The number of methoxy groups -OCH3 is 1. The van der Waals surface area contributed by atoms with Gasteiger partial charge in [0.1, 0.15) is 6.61 Å². The van der Waals surface area contributed by atoms with Crippen molar-refractivity contribution in [3.8, 4) is 11.5 Å². The maximum absolute atomic E-state index is 12.7. The van der Waals surface area contributed by atoms with Gasteiger partial charge in [-0.3, -0.25) is 9.78 Å². The number of anilines is 1. The number of piperazine rings is 1. The summed E-state index contributed by atoms with van der Waals surface area (Å²) in [6, 6.07) is 19.7. The third kappa shape index (κ3) is 5.46. The molecular weight excluding hydrogens is 402 g/mol. The zero-order valence-corrected chi connectivity index (χ0v) is 18.2. The Morgan fingerprint density at radius 3 is 2.44 bits per heavy atom. The number of hydrogen-bond acceptors (Lipinski definition) is 5. The minimum absolute atomic E-state index is 0.0164. The third-order valence-corrected chi connectivity index (χ3v) is 5.46. The highest BCUT2D eigenvalue weighted by Crippen LogP contribution is 2.29. The number of hydrogen-bond donors (Lipinski definition) is 0. The number of carbonyl (C=O) groups excluding carboxylic acids is 1. The lowest BCUT2D eigenvalue weighted by Gasteiger charge is -2.35. The molecule has 0 atom stereocenters. The molecule has 0 saturated carbocycles. The second-order valence-corrected chi connectivity index (χ2v) is 7.54. The maximum Gasteiger partial charge on any atom is 0.246 e. The molecule has 1 aliphatic rings. The molecule has 164 valence electrons. The zero-order valence-electron chi connectivity index (χ0n) is 18.2. The molecule has 1 aromatic heterocycles. The standard InChI is InChI=1S/C26H27N3O3/c1-31-25-19-21(7-9-24(25)32-20-22-5-3-2-4-6-22)8-10-26(30)29-17-15-28(16-18-29)23-11-13-27-14-12-23/h2-14,19H,15-18,20H2,1H3. The average Bonchev–Trinajstić information content (AvgIpc) is 2.87. The van der Waals surface area contributed by atoms with Crippen molar-refractivity contribution in [2.75, 3.05) is 38.2 Å². The van der Waals surface area contributed by atoms with Gasteiger partial charge in [0, 0.05) is 50.3 Å². The summed E-state index contributed by atoms with van der Waals surface area (Å²) < 4.78 is 11.4. The smallest absolute Gasteiger partial charge is 0.246 e. The van der Waals surface area contributed by atoms with Crippen molar-refractivity contribution < 1.29 is 14.3 Å². The van der Waals surface area contributed by atoms with Gasteiger partial charge in [0.2, 0.25) is 5.91 Å². The second kappa shape index (κ2) is 10.5. The second-order valence-electron chi connectivity index (χ2n) is 7.54. The van der Waals surface area contributed by atoms with E-state index in [-0.39, 0.29) is 5.91 Å². The molecule has 0 unspecified atom stereocenters. The van der Waals surface area contributed by atoms with Crippen molar-refractivity contribution in [2.45, 2.75) is 6.61 Å². The van der Waals surface area contributed by atoms with Crippen LogP contribution >= 0.6 is 0 Å². The Labute approximate surface area is 188 Å². The van der Waals surface area contributed by atoms with Gasteiger partial charge in [0.15, 0.2) is 11.5 Å². The molecule has 2 heterocycles. The van der Waals surface area contributed by atoms with Crippen LogP contribution < -0.4 is 14.4 Å². The highest BCUT2D eigenvalue weighted by atomic mass is 16.5. The molecule has 6 heteroatoms. The predicted molar refractivity (Wildman–Crippen MR) is 126 cm³/mol. The number of nitrogens with zero attached hydrogens (tertiary/aromatic N) is 3. The van der Waals surface area contributed by atoms with Crippen LogP contribution in [0.3, 0.4) is 0 Å². The van der Waals surface area contributed by atoms with Gasteiger partial charge in [-0.05, 0) is 41.5 Å². The molecule has 1 amide bonds. The normalized spacial score (nSPS) is 13.9. The fraction of sp³-hybridized carbons (Fsp3) is 0.231. The number of aromatic nitrogens is 1. The van der Waals surface area contributed by atoms with E-state index in [0.717, 1.165) is 29.9 Å². The molecule has 1 saturated heterocycles. The van der Waals surface area contributed by atoms with E-state index in [1.807, 2.05) is 71.6 Å². The minimum Gasteiger partial charge on any atom is -0.493 e. The first kappa shape index (κ1) is 21.4. The molecule has 0 spiro atoms. The first-order valence-corrected chi connectivity index (χ1v) is 10.7. The molecule has 1 fully saturated rings. The summed E-state index contributed by atoms with van der Waals surface area (Å²) in [5.74, 6) is 1.33. The van der Waals surface area contributed by atoms with Crippen LogP contribution in [0.15, 0.2) is 79.1 Å². The third-order valence-electron chi connectivity index (χ3n) is 5.46. The van der Waals surface area contributed by atoms with E-state index in [2.05, 4.69) is 9.88 Å². The van der Waals surface area contributed by atoms with Crippen LogP contribution in [0.1, 0.15) is 11.1 Å². The Morgan fingerprint density at radius 1 is 0.969 bits per heavy atom. The molecule has 0 aliphatic carbocycles. The quantitative estimate of drug-likeness (QED) is 0.531. The van der Waals surface area contributed by atoms with Crippen LogP contribution in [0.25, 0.3) is 6.08 Å². The van der Waals surface area contributed by atoms with Crippen LogP contribution in [0.5, 0.6) is 11.5 Å². The van der Waals surface area contributed by atoms with Gasteiger partial charge < -0.3 is 19.3 Å². The zero-order chi connectivity index (χ0) is 22.2. The highest BCUT2D eigenvalue weighted by molar-refractivity contribution is 5.92. The molecule has 1 aliphatic heterocycles. The van der Waals surface area contributed by atoms with Gasteiger partial charge in [-0.2, -0.15) is 0 Å². The lowest BCUT2D eigenvalue weighted by atomic mass is 10.1. The minimum atomic E-state index is 0.0164. The lowest BCUT2D eigenvalue weighted by molar-refractivity contribution is -0.126. The van der Waals surface area contributed by atoms with E-state index in [4.69, 9.17) is 9.47 Å². The molecule has 0 N–H and O–H groups in total. The maximum atomic E-state index is 12.7. The van der Waals surface area contributed by atoms with E-state index >= 15 is 0 Å². The van der Waals surface area contributed by atoms with Crippen molar-refractivity contribution in [3.63, 3.8) is 0 Å². The van der Waals surface area contributed by atoms with Crippen LogP contribution in [0.2, 0.25) is 0 Å². The Bertz CT molecular complexity index is 1050. The number of ether oxygens (including phenoxy) is 2. The summed E-state index contributed by atoms with van der Waals surface area (Å²) in [6.07, 6.45) is 7.03. The fourth-order valence-corrected chi connectivity index (χ4v) is 3.66. The van der Waals surface area contributed by atoms with Crippen molar-refractivity contribution in [1.82, 2.24) is 9.88 Å². The van der Waals surface area contributed by atoms with Crippen LogP contribution in [0, 0.1) is 0 Å². The molecular formula is C26H27N3O3. The Hall–Kier alpha value is -3.80. The number of carbonyl (C=O) groups is 1. The van der Waals surface area contributed by atoms with E-state index in [9.17, 15) is 4.79 Å². The average molecular weight is 430 g/mol. The van der Waals surface area contributed by atoms with Gasteiger partial charge in [0.05, 0.1) is 7.11 Å². The predicted octanol–water partition coefficient (Wildman–Crippen LogP) is 4.03.